The van der Waals surface area contributed by atoms with Crippen molar-refractivity contribution < 1.29 is 4.74 Å². The molecule has 146 valence electrons. The predicted octanol–water partition coefficient (Wildman–Crippen LogP) is 2.66. The Hall–Kier alpha value is -1.82. The summed E-state index contributed by atoms with van der Waals surface area (Å²) < 4.78 is 5.57. The van der Waals surface area contributed by atoms with Crippen LogP contribution >= 0.6 is 0 Å². The van der Waals surface area contributed by atoms with Gasteiger partial charge in [0.05, 0.1) is 6.10 Å². The summed E-state index contributed by atoms with van der Waals surface area (Å²) in [6, 6.07) is 3.94. The first kappa shape index (κ1) is 20.5. The minimum atomic E-state index is 0.142. The molecule has 26 heavy (non-hydrogen) atoms. The summed E-state index contributed by atoms with van der Waals surface area (Å²) in [5.74, 6) is 2.39. The van der Waals surface area contributed by atoms with Crippen molar-refractivity contribution in [3.63, 3.8) is 0 Å². The van der Waals surface area contributed by atoms with Gasteiger partial charge in [-0.25, -0.2) is 4.98 Å². The maximum atomic E-state index is 5.57. The first-order valence-corrected chi connectivity index (χ1v) is 9.85. The van der Waals surface area contributed by atoms with Crippen LogP contribution in [0.3, 0.4) is 0 Å². The number of nitrogens with one attached hydrogen (secondary N) is 2. The highest BCUT2D eigenvalue weighted by Crippen LogP contribution is 2.15. The summed E-state index contributed by atoms with van der Waals surface area (Å²) in [5, 5.41) is 6.73. The Bertz CT molecular complexity index is 536. The number of nitrogens with zero attached hydrogens (tertiary/aromatic N) is 3. The van der Waals surface area contributed by atoms with E-state index in [2.05, 4.69) is 32.4 Å². The first-order chi connectivity index (χ1) is 12.6. The van der Waals surface area contributed by atoms with Crippen molar-refractivity contribution in [1.29, 1.82) is 0 Å². The van der Waals surface area contributed by atoms with E-state index in [-0.39, 0.29) is 6.10 Å². The summed E-state index contributed by atoms with van der Waals surface area (Å²) in [6.45, 7) is 11.6. The molecule has 6 heteroatoms. The maximum Gasteiger partial charge on any atom is 0.213 e. The zero-order valence-electron chi connectivity index (χ0n) is 16.8. The summed E-state index contributed by atoms with van der Waals surface area (Å²) >= 11 is 0. The van der Waals surface area contributed by atoms with E-state index in [1.54, 1.807) is 7.05 Å². The van der Waals surface area contributed by atoms with Crippen molar-refractivity contribution in [3.8, 4) is 5.88 Å². The standard InChI is InChI=1S/C20H35N5O/c1-16(2)26-19-7-6-18(14-23-19)15-24-20(21-4)22-10-5-11-25-12-8-17(3)9-13-25/h6-7,14,16-17H,5,8-13,15H2,1-4H3,(H2,21,22,24). The van der Waals surface area contributed by atoms with Crippen LogP contribution in [0.5, 0.6) is 5.88 Å². The van der Waals surface area contributed by atoms with Crippen LogP contribution in [0.2, 0.25) is 0 Å². The third-order valence-electron chi connectivity index (χ3n) is 4.66. The van der Waals surface area contributed by atoms with Crippen LogP contribution in [0.25, 0.3) is 0 Å². The topological polar surface area (TPSA) is 61.8 Å². The number of likely N-dealkylation sites (tertiary alicyclic amines) is 1. The van der Waals surface area contributed by atoms with Crippen molar-refractivity contribution in [2.75, 3.05) is 33.2 Å². The largest absolute Gasteiger partial charge is 0.475 e. The lowest BCUT2D eigenvalue weighted by Crippen LogP contribution is -2.39. The van der Waals surface area contributed by atoms with Gasteiger partial charge in [-0.05, 0) is 64.2 Å². The molecule has 1 fully saturated rings. The van der Waals surface area contributed by atoms with E-state index in [1.165, 1.54) is 25.9 Å². The molecule has 0 unspecified atom stereocenters. The number of hydrogen-bond acceptors (Lipinski definition) is 4. The molecule has 0 amide bonds. The Morgan fingerprint density at radius 3 is 2.69 bits per heavy atom. The van der Waals surface area contributed by atoms with Gasteiger partial charge in [-0.1, -0.05) is 13.0 Å². The third-order valence-corrected chi connectivity index (χ3v) is 4.66. The smallest absolute Gasteiger partial charge is 0.213 e. The van der Waals surface area contributed by atoms with Gasteiger partial charge >= 0.3 is 0 Å². The van der Waals surface area contributed by atoms with Gasteiger partial charge in [0.25, 0.3) is 0 Å². The maximum absolute atomic E-state index is 5.57. The zero-order valence-corrected chi connectivity index (χ0v) is 16.8. The summed E-state index contributed by atoms with van der Waals surface area (Å²) in [6.07, 6.45) is 5.80. The number of aromatic nitrogens is 1. The van der Waals surface area contributed by atoms with E-state index >= 15 is 0 Å². The van der Waals surface area contributed by atoms with Crippen LogP contribution in [0.1, 0.15) is 45.6 Å². The number of rotatable bonds is 8. The van der Waals surface area contributed by atoms with E-state index in [4.69, 9.17) is 4.74 Å². The molecule has 2 N–H and O–H groups in total. The van der Waals surface area contributed by atoms with E-state index in [1.807, 2.05) is 32.2 Å². The number of aliphatic imine (C=N–C) groups is 1. The van der Waals surface area contributed by atoms with E-state index < -0.39 is 0 Å². The third kappa shape index (κ3) is 7.60. The van der Waals surface area contributed by atoms with Crippen molar-refractivity contribution >= 4 is 5.96 Å². The minimum absolute atomic E-state index is 0.142. The van der Waals surface area contributed by atoms with Gasteiger partial charge in [0.2, 0.25) is 5.88 Å². The van der Waals surface area contributed by atoms with Crippen LogP contribution in [0.4, 0.5) is 0 Å². The molecular weight excluding hydrogens is 326 g/mol. The zero-order chi connectivity index (χ0) is 18.8. The molecule has 2 rings (SSSR count). The highest BCUT2D eigenvalue weighted by Gasteiger charge is 2.14. The Kier molecular flexibility index (Phi) is 8.68. The molecule has 1 aromatic rings. The van der Waals surface area contributed by atoms with E-state index in [9.17, 15) is 0 Å². The molecule has 0 atom stereocenters. The lowest BCUT2D eigenvalue weighted by Gasteiger charge is -2.30. The molecule has 0 radical (unpaired) electrons. The number of hydrogen-bond donors (Lipinski definition) is 2. The number of ether oxygens (including phenoxy) is 1. The number of guanidine groups is 1. The molecule has 0 spiro atoms. The lowest BCUT2D eigenvalue weighted by molar-refractivity contribution is 0.191. The van der Waals surface area contributed by atoms with Gasteiger partial charge in [0, 0.05) is 32.4 Å². The molecule has 6 nitrogen and oxygen atoms in total. The van der Waals surface area contributed by atoms with Crippen LogP contribution in [0.15, 0.2) is 23.3 Å². The Labute approximate surface area is 158 Å². The van der Waals surface area contributed by atoms with Crippen molar-refractivity contribution in [2.24, 2.45) is 10.9 Å². The lowest BCUT2D eigenvalue weighted by atomic mass is 9.99. The van der Waals surface area contributed by atoms with Gasteiger partial charge in [0.1, 0.15) is 0 Å². The number of piperidine rings is 1. The molecule has 0 saturated carbocycles. The fourth-order valence-corrected chi connectivity index (χ4v) is 3.03. The van der Waals surface area contributed by atoms with Gasteiger partial charge in [0.15, 0.2) is 5.96 Å². The van der Waals surface area contributed by atoms with Crippen molar-refractivity contribution in [2.45, 2.75) is 52.7 Å². The molecule has 0 aliphatic carbocycles. The molecule has 2 heterocycles. The molecule has 1 aromatic heterocycles. The summed E-state index contributed by atoms with van der Waals surface area (Å²) in [7, 11) is 1.80. The highest BCUT2D eigenvalue weighted by atomic mass is 16.5. The second-order valence-corrected chi connectivity index (χ2v) is 7.40. The SMILES string of the molecule is CN=C(NCCCN1CCC(C)CC1)NCc1ccc(OC(C)C)nc1. The normalized spacial score (nSPS) is 16.7. The van der Waals surface area contributed by atoms with Crippen molar-refractivity contribution in [1.82, 2.24) is 20.5 Å². The van der Waals surface area contributed by atoms with Gasteiger partial charge in [-0.15, -0.1) is 0 Å². The minimum Gasteiger partial charge on any atom is -0.475 e. The molecule has 0 bridgehead atoms. The number of pyridine rings is 1. The van der Waals surface area contributed by atoms with E-state index in [0.717, 1.165) is 37.0 Å². The average Bonchev–Trinajstić information content (AvgIpc) is 2.63. The second-order valence-electron chi connectivity index (χ2n) is 7.40. The van der Waals surface area contributed by atoms with Crippen LogP contribution in [0, 0.1) is 5.92 Å². The molecule has 1 aliphatic heterocycles. The summed E-state index contributed by atoms with van der Waals surface area (Å²) in [4.78, 5) is 11.2. The average molecular weight is 362 g/mol. The van der Waals surface area contributed by atoms with Gasteiger partial charge in [-0.2, -0.15) is 0 Å². The van der Waals surface area contributed by atoms with Crippen LogP contribution < -0.4 is 15.4 Å². The summed E-state index contributed by atoms with van der Waals surface area (Å²) in [5.41, 5.74) is 1.10. The molecule has 1 saturated heterocycles. The molecular formula is C20H35N5O. The predicted molar refractivity (Wildman–Crippen MR) is 108 cm³/mol. The van der Waals surface area contributed by atoms with Gasteiger partial charge < -0.3 is 20.3 Å². The second kappa shape index (κ2) is 11.0. The van der Waals surface area contributed by atoms with E-state index in [0.29, 0.717) is 12.4 Å². The quantitative estimate of drug-likeness (QED) is 0.423. The van der Waals surface area contributed by atoms with Crippen LogP contribution in [-0.2, 0) is 6.54 Å². The van der Waals surface area contributed by atoms with Crippen molar-refractivity contribution in [3.05, 3.63) is 23.9 Å². The molecule has 1 aliphatic rings. The highest BCUT2D eigenvalue weighted by molar-refractivity contribution is 5.79. The Morgan fingerprint density at radius 2 is 2.08 bits per heavy atom. The Balaban J connectivity index is 1.63. The monoisotopic (exact) mass is 361 g/mol. The Morgan fingerprint density at radius 1 is 1.31 bits per heavy atom. The molecule has 0 aromatic carbocycles. The fourth-order valence-electron chi connectivity index (χ4n) is 3.03. The van der Waals surface area contributed by atoms with Crippen LogP contribution in [-0.4, -0.2) is 55.2 Å². The van der Waals surface area contributed by atoms with Gasteiger partial charge in [-0.3, -0.25) is 4.99 Å². The fraction of sp³-hybridized carbons (Fsp3) is 0.700. The first-order valence-electron chi connectivity index (χ1n) is 9.85.